The van der Waals surface area contributed by atoms with Gasteiger partial charge < -0.3 is 25.2 Å². The molecule has 0 radical (unpaired) electrons. The topological polar surface area (TPSA) is 114 Å². The lowest BCUT2D eigenvalue weighted by atomic mass is 9.96. The lowest BCUT2D eigenvalue weighted by molar-refractivity contribution is -0.150. The molecule has 8 heteroatoms. The fraction of sp³-hybridized carbons (Fsp3) is 0.400. The van der Waals surface area contributed by atoms with E-state index in [1.807, 2.05) is 48.5 Å². The number of ether oxygens (including phenoxy) is 2. The van der Waals surface area contributed by atoms with E-state index in [-0.39, 0.29) is 32.0 Å². The van der Waals surface area contributed by atoms with Gasteiger partial charge in [-0.15, -0.1) is 0 Å². The van der Waals surface area contributed by atoms with Crippen LogP contribution in [0.1, 0.15) is 43.7 Å². The van der Waals surface area contributed by atoms with Crippen LogP contribution >= 0.6 is 0 Å². The molecule has 0 aliphatic heterocycles. The van der Waals surface area contributed by atoms with Crippen molar-refractivity contribution in [1.82, 2.24) is 10.6 Å². The first-order valence-corrected chi connectivity index (χ1v) is 11.0. The van der Waals surface area contributed by atoms with Crippen LogP contribution in [0, 0.1) is 0 Å². The number of nitrogens with one attached hydrogen (secondary N) is 2. The second-order valence-corrected chi connectivity index (χ2v) is 8.09. The van der Waals surface area contributed by atoms with Gasteiger partial charge in [-0.25, -0.2) is 9.59 Å². The number of methoxy groups -OCH3 is 1. The van der Waals surface area contributed by atoms with E-state index in [9.17, 15) is 19.5 Å². The molecule has 1 aliphatic rings. The van der Waals surface area contributed by atoms with E-state index < -0.39 is 29.6 Å². The largest absolute Gasteiger partial charge is 0.479 e. The first kappa shape index (κ1) is 24.3. The molecule has 0 bridgehead atoms. The zero-order chi connectivity index (χ0) is 24.0. The highest BCUT2D eigenvalue weighted by Crippen LogP contribution is 2.44. The molecule has 0 spiro atoms. The molecule has 0 heterocycles. The molecule has 8 nitrogen and oxygen atoms in total. The summed E-state index contributed by atoms with van der Waals surface area (Å²) in [5, 5.41) is 14.7. The first-order chi connectivity index (χ1) is 15.9. The molecular formula is C25H30N2O6. The number of aliphatic carboxylic acids is 1. The minimum atomic E-state index is -1.57. The van der Waals surface area contributed by atoms with Crippen molar-refractivity contribution in [3.8, 4) is 11.1 Å². The maximum absolute atomic E-state index is 12.8. The van der Waals surface area contributed by atoms with Gasteiger partial charge in [0.25, 0.3) is 0 Å². The minimum Gasteiger partial charge on any atom is -0.479 e. The van der Waals surface area contributed by atoms with E-state index in [1.54, 1.807) is 13.8 Å². The van der Waals surface area contributed by atoms with Crippen LogP contribution in [0.3, 0.4) is 0 Å². The molecule has 2 amide bonds. The monoisotopic (exact) mass is 454 g/mol. The molecule has 0 saturated carbocycles. The molecule has 1 aliphatic carbocycles. The maximum atomic E-state index is 12.8. The number of carboxylic acids is 1. The van der Waals surface area contributed by atoms with Crippen LogP contribution in [-0.2, 0) is 19.1 Å². The van der Waals surface area contributed by atoms with Crippen molar-refractivity contribution < 1.29 is 29.0 Å². The SMILES string of the molecule is CCC(NC(=O)OCC1c2ccccc2-c2ccccc21)C(=O)NC(CC)(COC)C(=O)O. The number of hydrogen-bond acceptors (Lipinski definition) is 5. The Bertz CT molecular complexity index is 978. The zero-order valence-corrected chi connectivity index (χ0v) is 19.1. The number of carboxylic acid groups (broad SMARTS) is 1. The number of alkyl carbamates (subject to hydrolysis) is 1. The van der Waals surface area contributed by atoms with Crippen LogP contribution < -0.4 is 10.6 Å². The molecule has 0 fully saturated rings. The fourth-order valence-corrected chi connectivity index (χ4v) is 4.20. The molecule has 0 saturated heterocycles. The van der Waals surface area contributed by atoms with Crippen LogP contribution in [0.15, 0.2) is 48.5 Å². The summed E-state index contributed by atoms with van der Waals surface area (Å²) in [5.41, 5.74) is 2.85. The van der Waals surface area contributed by atoms with Gasteiger partial charge in [-0.05, 0) is 35.1 Å². The number of hydrogen-bond donors (Lipinski definition) is 3. The van der Waals surface area contributed by atoms with Gasteiger partial charge in [-0.2, -0.15) is 0 Å². The van der Waals surface area contributed by atoms with Gasteiger partial charge in [-0.1, -0.05) is 62.4 Å². The van der Waals surface area contributed by atoms with Crippen LogP contribution in [-0.4, -0.2) is 55.0 Å². The van der Waals surface area contributed by atoms with Crippen molar-refractivity contribution in [1.29, 1.82) is 0 Å². The fourth-order valence-electron chi connectivity index (χ4n) is 4.20. The van der Waals surface area contributed by atoms with Gasteiger partial charge >= 0.3 is 12.1 Å². The van der Waals surface area contributed by atoms with Crippen molar-refractivity contribution in [3.63, 3.8) is 0 Å². The standard InChI is InChI=1S/C25H30N2O6/c1-4-21(22(28)27-25(5-2,15-32-3)23(29)30)26-24(31)33-14-20-18-12-8-6-10-16(18)17-11-7-9-13-19(17)20/h6-13,20-21H,4-5,14-15H2,1-3H3,(H,26,31)(H,27,28)(H,29,30). The van der Waals surface area contributed by atoms with E-state index in [2.05, 4.69) is 10.6 Å². The first-order valence-electron chi connectivity index (χ1n) is 11.0. The molecular weight excluding hydrogens is 424 g/mol. The molecule has 2 atom stereocenters. The molecule has 3 N–H and O–H groups in total. The van der Waals surface area contributed by atoms with Gasteiger partial charge in [-0.3, -0.25) is 4.79 Å². The average Bonchev–Trinajstić information content (AvgIpc) is 3.14. The Hall–Kier alpha value is -3.39. The maximum Gasteiger partial charge on any atom is 0.407 e. The Labute approximate surface area is 193 Å². The number of fused-ring (bicyclic) bond motifs is 3. The third kappa shape index (κ3) is 5.01. The Morgan fingerprint density at radius 1 is 1.03 bits per heavy atom. The summed E-state index contributed by atoms with van der Waals surface area (Å²) < 4.78 is 10.5. The van der Waals surface area contributed by atoms with E-state index in [1.165, 1.54) is 7.11 Å². The van der Waals surface area contributed by atoms with Gasteiger partial charge in [0, 0.05) is 13.0 Å². The highest BCUT2D eigenvalue weighted by Gasteiger charge is 2.40. The summed E-state index contributed by atoms with van der Waals surface area (Å²) in [6, 6.07) is 15.1. The smallest absolute Gasteiger partial charge is 0.407 e. The lowest BCUT2D eigenvalue weighted by Crippen LogP contribution is -2.61. The Balaban J connectivity index is 1.65. The summed E-state index contributed by atoms with van der Waals surface area (Å²) in [7, 11) is 1.37. The van der Waals surface area contributed by atoms with Gasteiger partial charge in [0.05, 0.1) is 6.61 Å². The number of carbonyl (C=O) groups is 3. The normalized spacial score (nSPS) is 15.0. The van der Waals surface area contributed by atoms with Crippen LogP contribution in [0.25, 0.3) is 11.1 Å². The Morgan fingerprint density at radius 2 is 1.61 bits per heavy atom. The summed E-state index contributed by atoms with van der Waals surface area (Å²) in [6.45, 7) is 3.30. The summed E-state index contributed by atoms with van der Waals surface area (Å²) in [4.78, 5) is 37.0. The van der Waals surface area contributed by atoms with E-state index in [4.69, 9.17) is 9.47 Å². The predicted molar refractivity (Wildman–Crippen MR) is 123 cm³/mol. The molecule has 3 rings (SSSR count). The highest BCUT2D eigenvalue weighted by molar-refractivity contribution is 5.91. The predicted octanol–water partition coefficient (Wildman–Crippen LogP) is 3.30. The van der Waals surface area contributed by atoms with Crippen LogP contribution in [0.4, 0.5) is 4.79 Å². The van der Waals surface area contributed by atoms with Crippen LogP contribution in [0.2, 0.25) is 0 Å². The van der Waals surface area contributed by atoms with Crippen molar-refractivity contribution in [2.45, 2.75) is 44.2 Å². The van der Waals surface area contributed by atoms with Gasteiger partial charge in [0.15, 0.2) is 5.54 Å². The van der Waals surface area contributed by atoms with E-state index >= 15 is 0 Å². The highest BCUT2D eigenvalue weighted by atomic mass is 16.5. The van der Waals surface area contributed by atoms with Gasteiger partial charge in [0.2, 0.25) is 5.91 Å². The number of rotatable bonds is 10. The lowest BCUT2D eigenvalue weighted by Gasteiger charge is -2.30. The van der Waals surface area contributed by atoms with Crippen molar-refractivity contribution in [2.24, 2.45) is 0 Å². The second-order valence-electron chi connectivity index (χ2n) is 8.09. The Morgan fingerprint density at radius 3 is 2.09 bits per heavy atom. The molecule has 176 valence electrons. The van der Waals surface area contributed by atoms with Crippen molar-refractivity contribution in [2.75, 3.05) is 20.3 Å². The minimum absolute atomic E-state index is 0.0986. The molecule has 0 aromatic heterocycles. The summed E-state index contributed by atoms with van der Waals surface area (Å²) in [5.74, 6) is -1.90. The zero-order valence-electron chi connectivity index (χ0n) is 19.1. The average molecular weight is 455 g/mol. The summed E-state index contributed by atoms with van der Waals surface area (Å²) in [6.07, 6.45) is -0.339. The molecule has 2 aromatic carbocycles. The third-order valence-corrected chi connectivity index (χ3v) is 6.13. The third-order valence-electron chi connectivity index (χ3n) is 6.13. The van der Waals surface area contributed by atoms with Crippen molar-refractivity contribution in [3.05, 3.63) is 59.7 Å². The number of benzene rings is 2. The van der Waals surface area contributed by atoms with E-state index in [0.717, 1.165) is 22.3 Å². The summed E-state index contributed by atoms with van der Waals surface area (Å²) >= 11 is 0. The van der Waals surface area contributed by atoms with Crippen LogP contribution in [0.5, 0.6) is 0 Å². The molecule has 2 aromatic rings. The molecule has 33 heavy (non-hydrogen) atoms. The Kier molecular flexibility index (Phi) is 7.71. The van der Waals surface area contributed by atoms with Crippen molar-refractivity contribution >= 4 is 18.0 Å². The molecule has 2 unspecified atom stereocenters. The quantitative estimate of drug-likeness (QED) is 0.508. The second kappa shape index (κ2) is 10.5. The number of carbonyl (C=O) groups excluding carboxylic acids is 2. The van der Waals surface area contributed by atoms with E-state index in [0.29, 0.717) is 0 Å². The number of amides is 2. The van der Waals surface area contributed by atoms with Gasteiger partial charge in [0.1, 0.15) is 12.6 Å².